The summed E-state index contributed by atoms with van der Waals surface area (Å²) in [5.41, 5.74) is -0.00707. The normalized spacial score (nSPS) is 12.2. The van der Waals surface area contributed by atoms with E-state index in [1.165, 1.54) is 18.2 Å². The Morgan fingerprint density at radius 3 is 2.29 bits per heavy atom. The third-order valence-corrected chi connectivity index (χ3v) is 4.89. The molecule has 130 valence electrons. The predicted octanol–water partition coefficient (Wildman–Crippen LogP) is 4.85. The van der Waals surface area contributed by atoms with Crippen molar-refractivity contribution in [3.05, 3.63) is 59.7 Å². The summed E-state index contributed by atoms with van der Waals surface area (Å²) >= 11 is 0. The third kappa shape index (κ3) is 4.74. The molecule has 0 saturated carbocycles. The second-order valence-corrected chi connectivity index (χ2v) is 7.11. The lowest BCUT2D eigenvalue weighted by Crippen LogP contribution is -2.14. The minimum Gasteiger partial charge on any atom is -0.280 e. The summed E-state index contributed by atoms with van der Waals surface area (Å²) in [7, 11) is -3.93. The maximum Gasteiger partial charge on any atom is 0.416 e. The van der Waals surface area contributed by atoms with E-state index in [4.69, 9.17) is 0 Å². The molecular weight excluding hydrogens is 339 g/mol. The Hall–Kier alpha value is -2.02. The van der Waals surface area contributed by atoms with Crippen LogP contribution in [0.1, 0.15) is 30.9 Å². The Balaban J connectivity index is 2.19. The highest BCUT2D eigenvalue weighted by molar-refractivity contribution is 7.92. The molecule has 0 bridgehead atoms. The second-order valence-electron chi connectivity index (χ2n) is 5.43. The zero-order valence-corrected chi connectivity index (χ0v) is 13.9. The highest BCUT2D eigenvalue weighted by Crippen LogP contribution is 2.31. The quantitative estimate of drug-likeness (QED) is 0.803. The molecule has 2 aromatic rings. The lowest BCUT2D eigenvalue weighted by atomic mass is 10.1. The van der Waals surface area contributed by atoms with E-state index in [-0.39, 0.29) is 10.6 Å². The first-order chi connectivity index (χ1) is 11.2. The van der Waals surface area contributed by atoms with E-state index in [0.29, 0.717) is 0 Å². The first-order valence-electron chi connectivity index (χ1n) is 7.51. The largest absolute Gasteiger partial charge is 0.416 e. The van der Waals surface area contributed by atoms with Crippen molar-refractivity contribution in [2.45, 2.75) is 37.3 Å². The number of rotatable bonds is 6. The van der Waals surface area contributed by atoms with Gasteiger partial charge >= 0.3 is 6.18 Å². The standard InChI is InChI=1S/C17H18F3NO2S/c1-2-3-5-13-8-10-16(11-9-13)24(22,23)21-15-7-4-6-14(12-15)17(18,19)20/h4,6-12,21H,2-3,5H2,1H3. The maximum atomic E-state index is 12.7. The van der Waals surface area contributed by atoms with E-state index in [1.54, 1.807) is 12.1 Å². The number of anilines is 1. The number of nitrogens with one attached hydrogen (secondary N) is 1. The Kier molecular flexibility index (Phi) is 5.54. The lowest BCUT2D eigenvalue weighted by molar-refractivity contribution is -0.137. The lowest BCUT2D eigenvalue weighted by Gasteiger charge is -2.11. The molecule has 0 aliphatic carbocycles. The summed E-state index contributed by atoms with van der Waals surface area (Å²) in [6.07, 6.45) is -1.62. The first-order valence-corrected chi connectivity index (χ1v) is 9.00. The molecule has 1 N–H and O–H groups in total. The van der Waals surface area contributed by atoms with Crippen molar-refractivity contribution in [3.8, 4) is 0 Å². The Morgan fingerprint density at radius 1 is 1.04 bits per heavy atom. The number of alkyl halides is 3. The van der Waals surface area contributed by atoms with Gasteiger partial charge in [0.2, 0.25) is 0 Å². The molecule has 7 heteroatoms. The van der Waals surface area contributed by atoms with Crippen molar-refractivity contribution < 1.29 is 21.6 Å². The maximum absolute atomic E-state index is 12.7. The van der Waals surface area contributed by atoms with Gasteiger partial charge in [-0.25, -0.2) is 8.42 Å². The van der Waals surface area contributed by atoms with Crippen LogP contribution >= 0.6 is 0 Å². The molecule has 0 unspecified atom stereocenters. The Bertz CT molecular complexity index is 784. The molecule has 2 aromatic carbocycles. The van der Waals surface area contributed by atoms with Gasteiger partial charge in [0.25, 0.3) is 10.0 Å². The van der Waals surface area contributed by atoms with Crippen molar-refractivity contribution in [2.24, 2.45) is 0 Å². The van der Waals surface area contributed by atoms with Crippen LogP contribution in [0.25, 0.3) is 0 Å². The topological polar surface area (TPSA) is 46.2 Å². The molecule has 24 heavy (non-hydrogen) atoms. The zero-order valence-electron chi connectivity index (χ0n) is 13.1. The van der Waals surface area contributed by atoms with Gasteiger partial charge in [0.05, 0.1) is 10.5 Å². The monoisotopic (exact) mass is 357 g/mol. The number of halogens is 3. The van der Waals surface area contributed by atoms with Gasteiger partial charge in [-0.1, -0.05) is 31.5 Å². The summed E-state index contributed by atoms with van der Waals surface area (Å²) in [6, 6.07) is 10.5. The molecule has 0 aliphatic heterocycles. The fraction of sp³-hybridized carbons (Fsp3) is 0.294. The Labute approximate surface area is 139 Å². The SMILES string of the molecule is CCCCc1ccc(S(=O)(=O)Nc2cccc(C(F)(F)F)c2)cc1. The molecule has 2 rings (SSSR count). The minimum atomic E-state index is -4.53. The van der Waals surface area contributed by atoms with Gasteiger partial charge in [0.1, 0.15) is 0 Å². The van der Waals surface area contributed by atoms with Gasteiger partial charge in [-0.15, -0.1) is 0 Å². The third-order valence-electron chi connectivity index (χ3n) is 3.49. The van der Waals surface area contributed by atoms with Crippen molar-refractivity contribution in [1.29, 1.82) is 0 Å². The Morgan fingerprint density at radius 2 is 1.71 bits per heavy atom. The second kappa shape index (κ2) is 7.25. The smallest absolute Gasteiger partial charge is 0.280 e. The van der Waals surface area contributed by atoms with E-state index in [1.807, 2.05) is 0 Å². The van der Waals surface area contributed by atoms with Gasteiger partial charge in [-0.05, 0) is 48.7 Å². The predicted molar refractivity (Wildman–Crippen MR) is 87.3 cm³/mol. The van der Waals surface area contributed by atoms with Crippen LogP contribution in [-0.2, 0) is 22.6 Å². The highest BCUT2D eigenvalue weighted by atomic mass is 32.2. The number of benzene rings is 2. The van der Waals surface area contributed by atoms with E-state index in [0.717, 1.165) is 43.0 Å². The van der Waals surface area contributed by atoms with E-state index < -0.39 is 21.8 Å². The van der Waals surface area contributed by atoms with E-state index in [2.05, 4.69) is 11.6 Å². The number of unbranched alkanes of at least 4 members (excludes halogenated alkanes) is 1. The van der Waals surface area contributed by atoms with Crippen molar-refractivity contribution in [1.82, 2.24) is 0 Å². The fourth-order valence-corrected chi connectivity index (χ4v) is 3.24. The molecule has 0 fully saturated rings. The van der Waals surface area contributed by atoms with Gasteiger partial charge in [0, 0.05) is 5.69 Å². The summed E-state index contributed by atoms with van der Waals surface area (Å²) in [4.78, 5) is 0.0140. The van der Waals surface area contributed by atoms with Crippen LogP contribution in [0, 0.1) is 0 Å². The van der Waals surface area contributed by atoms with Gasteiger partial charge in [-0.2, -0.15) is 13.2 Å². The van der Waals surface area contributed by atoms with Gasteiger partial charge in [0.15, 0.2) is 0 Å². The van der Waals surface area contributed by atoms with Crippen LogP contribution in [-0.4, -0.2) is 8.42 Å². The van der Waals surface area contributed by atoms with Crippen LogP contribution in [0.5, 0.6) is 0 Å². The average molecular weight is 357 g/mol. The minimum absolute atomic E-state index is 0.0140. The molecule has 0 aliphatic rings. The van der Waals surface area contributed by atoms with Crippen LogP contribution in [0.15, 0.2) is 53.4 Å². The summed E-state index contributed by atoms with van der Waals surface area (Å²) in [6.45, 7) is 2.07. The van der Waals surface area contributed by atoms with E-state index in [9.17, 15) is 21.6 Å². The molecule has 0 spiro atoms. The van der Waals surface area contributed by atoms with Crippen LogP contribution in [0.2, 0.25) is 0 Å². The van der Waals surface area contributed by atoms with Crippen molar-refractivity contribution in [3.63, 3.8) is 0 Å². The molecule has 0 atom stereocenters. The molecule has 0 saturated heterocycles. The number of hydrogen-bond donors (Lipinski definition) is 1. The molecule has 0 aromatic heterocycles. The first kappa shape index (κ1) is 18.3. The molecular formula is C17H18F3NO2S. The molecule has 3 nitrogen and oxygen atoms in total. The van der Waals surface area contributed by atoms with Crippen LogP contribution in [0.3, 0.4) is 0 Å². The summed E-state index contributed by atoms with van der Waals surface area (Å²) < 4.78 is 64.9. The summed E-state index contributed by atoms with van der Waals surface area (Å²) in [5, 5.41) is 0. The molecule has 0 amide bonds. The van der Waals surface area contributed by atoms with Crippen molar-refractivity contribution in [2.75, 3.05) is 4.72 Å². The van der Waals surface area contributed by atoms with Crippen LogP contribution in [0.4, 0.5) is 18.9 Å². The highest BCUT2D eigenvalue weighted by Gasteiger charge is 2.30. The molecule has 0 heterocycles. The van der Waals surface area contributed by atoms with Gasteiger partial charge in [-0.3, -0.25) is 4.72 Å². The number of hydrogen-bond acceptors (Lipinski definition) is 2. The number of aryl methyl sites for hydroxylation is 1. The summed E-state index contributed by atoms with van der Waals surface area (Å²) in [5.74, 6) is 0. The van der Waals surface area contributed by atoms with E-state index >= 15 is 0 Å². The average Bonchev–Trinajstić information content (AvgIpc) is 2.52. The zero-order chi connectivity index (χ0) is 17.8. The van der Waals surface area contributed by atoms with Crippen molar-refractivity contribution >= 4 is 15.7 Å². The van der Waals surface area contributed by atoms with Crippen LogP contribution < -0.4 is 4.72 Å². The fourth-order valence-electron chi connectivity index (χ4n) is 2.19. The molecule has 0 radical (unpaired) electrons. The number of sulfonamides is 1. The van der Waals surface area contributed by atoms with Gasteiger partial charge < -0.3 is 0 Å².